The molecule has 0 saturated carbocycles. The first-order valence-electron chi connectivity index (χ1n) is 5.40. The Kier molecular flexibility index (Phi) is 3.71. The van der Waals surface area contributed by atoms with E-state index in [9.17, 15) is 4.79 Å². The third-order valence-corrected chi connectivity index (χ3v) is 3.55. The molecule has 0 aliphatic rings. The van der Waals surface area contributed by atoms with Gasteiger partial charge in [0, 0.05) is 17.6 Å². The Morgan fingerprint density at radius 2 is 1.94 bits per heavy atom. The molecule has 1 unspecified atom stereocenters. The summed E-state index contributed by atoms with van der Waals surface area (Å²) in [5.41, 5.74) is 1.65. The Morgan fingerprint density at radius 1 is 1.24 bits per heavy atom. The maximum atomic E-state index is 12.3. The lowest BCUT2D eigenvalue weighted by Gasteiger charge is -2.14. The summed E-state index contributed by atoms with van der Waals surface area (Å²) in [4.78, 5) is 13.4. The number of carbonyl (C=O) groups is 1. The lowest BCUT2D eigenvalue weighted by Crippen LogP contribution is -2.14. The van der Waals surface area contributed by atoms with Crippen molar-refractivity contribution < 1.29 is 9.53 Å². The van der Waals surface area contributed by atoms with E-state index in [1.165, 1.54) is 0 Å². The number of rotatable bonds is 4. The van der Waals surface area contributed by atoms with Crippen LogP contribution in [0.2, 0.25) is 0 Å². The highest BCUT2D eigenvalue weighted by Crippen LogP contribution is 2.25. The zero-order valence-electron chi connectivity index (χ0n) is 9.84. The van der Waals surface area contributed by atoms with Crippen LogP contribution in [0.1, 0.15) is 26.9 Å². The molecule has 3 heteroatoms. The Balaban J connectivity index is 2.32. The molecule has 0 aliphatic heterocycles. The summed E-state index contributed by atoms with van der Waals surface area (Å²) in [6, 6.07) is 11.4. The van der Waals surface area contributed by atoms with Gasteiger partial charge in [-0.1, -0.05) is 30.3 Å². The van der Waals surface area contributed by atoms with E-state index in [0.29, 0.717) is 0 Å². The molecule has 2 aromatic rings. The first-order valence-corrected chi connectivity index (χ1v) is 6.28. The molecular weight excluding hydrogens is 232 g/mol. The van der Waals surface area contributed by atoms with Crippen molar-refractivity contribution in [1.29, 1.82) is 0 Å². The fraction of sp³-hybridized carbons (Fsp3) is 0.214. The molecule has 0 spiro atoms. The van der Waals surface area contributed by atoms with Crippen molar-refractivity contribution in [3.63, 3.8) is 0 Å². The van der Waals surface area contributed by atoms with Gasteiger partial charge in [0.2, 0.25) is 0 Å². The number of hydrogen-bond acceptors (Lipinski definition) is 3. The van der Waals surface area contributed by atoms with E-state index in [4.69, 9.17) is 4.74 Å². The minimum Gasteiger partial charge on any atom is -0.369 e. The first kappa shape index (κ1) is 12.0. The van der Waals surface area contributed by atoms with Crippen molar-refractivity contribution >= 4 is 17.1 Å². The van der Waals surface area contributed by atoms with Gasteiger partial charge in [-0.05, 0) is 23.9 Å². The van der Waals surface area contributed by atoms with E-state index in [2.05, 4.69) is 0 Å². The van der Waals surface area contributed by atoms with Crippen molar-refractivity contribution in [3.05, 3.63) is 57.8 Å². The average Bonchev–Trinajstić information content (AvgIpc) is 2.77. The number of carbonyl (C=O) groups excluding carboxylic acids is 1. The van der Waals surface area contributed by atoms with Crippen LogP contribution in [0.4, 0.5) is 0 Å². The third kappa shape index (κ3) is 2.46. The molecule has 0 N–H and O–H groups in total. The van der Waals surface area contributed by atoms with Gasteiger partial charge in [0.15, 0.2) is 5.78 Å². The monoisotopic (exact) mass is 246 g/mol. The van der Waals surface area contributed by atoms with Crippen LogP contribution >= 0.6 is 11.3 Å². The third-order valence-electron chi connectivity index (χ3n) is 2.70. The second-order valence-corrected chi connectivity index (χ2v) is 4.90. The van der Waals surface area contributed by atoms with Crippen molar-refractivity contribution in [1.82, 2.24) is 0 Å². The van der Waals surface area contributed by atoms with Crippen LogP contribution < -0.4 is 0 Å². The average molecular weight is 246 g/mol. The van der Waals surface area contributed by atoms with Gasteiger partial charge in [0.25, 0.3) is 0 Å². The maximum absolute atomic E-state index is 12.3. The summed E-state index contributed by atoms with van der Waals surface area (Å²) in [6.07, 6.45) is -0.510. The van der Waals surface area contributed by atoms with Gasteiger partial charge in [-0.15, -0.1) is 11.3 Å². The maximum Gasteiger partial charge on any atom is 0.197 e. The van der Waals surface area contributed by atoms with Crippen LogP contribution in [0, 0.1) is 6.92 Å². The number of benzene rings is 1. The number of ether oxygens (including phenoxy) is 1. The number of ketones is 1. The number of methoxy groups -OCH3 is 1. The van der Waals surface area contributed by atoms with Crippen LogP contribution in [-0.2, 0) is 4.74 Å². The SMILES string of the molecule is COC(C(=O)c1ccsc1C)c1ccccc1. The van der Waals surface area contributed by atoms with Gasteiger partial charge in [-0.25, -0.2) is 0 Å². The zero-order chi connectivity index (χ0) is 12.3. The Bertz CT molecular complexity index is 502. The largest absolute Gasteiger partial charge is 0.369 e. The van der Waals surface area contributed by atoms with Crippen molar-refractivity contribution in [2.75, 3.05) is 7.11 Å². The van der Waals surface area contributed by atoms with E-state index in [1.54, 1.807) is 18.4 Å². The Morgan fingerprint density at radius 3 is 2.47 bits per heavy atom. The normalized spacial score (nSPS) is 12.4. The second kappa shape index (κ2) is 5.25. The Labute approximate surface area is 105 Å². The van der Waals surface area contributed by atoms with Gasteiger partial charge in [0.1, 0.15) is 6.10 Å². The summed E-state index contributed by atoms with van der Waals surface area (Å²) in [6.45, 7) is 1.95. The van der Waals surface area contributed by atoms with Gasteiger partial charge < -0.3 is 4.74 Å². The molecule has 2 nitrogen and oxygen atoms in total. The van der Waals surface area contributed by atoms with Crippen LogP contribution in [0.3, 0.4) is 0 Å². The summed E-state index contributed by atoms with van der Waals surface area (Å²) >= 11 is 1.58. The lowest BCUT2D eigenvalue weighted by molar-refractivity contribution is 0.0604. The summed E-state index contributed by atoms with van der Waals surface area (Å²) in [5, 5.41) is 1.93. The highest BCUT2D eigenvalue weighted by Gasteiger charge is 2.23. The van der Waals surface area contributed by atoms with Crippen molar-refractivity contribution in [3.8, 4) is 0 Å². The molecule has 1 aromatic heterocycles. The molecular formula is C14H14O2S. The quantitative estimate of drug-likeness (QED) is 0.770. The van der Waals surface area contributed by atoms with E-state index < -0.39 is 6.10 Å². The van der Waals surface area contributed by atoms with Crippen LogP contribution in [0.25, 0.3) is 0 Å². The number of Topliss-reactive ketones (excluding diaryl/α,β-unsaturated/α-hetero) is 1. The molecule has 0 aliphatic carbocycles. The summed E-state index contributed by atoms with van der Waals surface area (Å²) in [5.74, 6) is 0.0254. The fourth-order valence-corrected chi connectivity index (χ4v) is 2.51. The summed E-state index contributed by atoms with van der Waals surface area (Å²) < 4.78 is 5.33. The molecule has 0 bridgehead atoms. The number of aryl methyl sites for hydroxylation is 1. The van der Waals surface area contributed by atoms with Crippen LogP contribution in [0.15, 0.2) is 41.8 Å². The molecule has 88 valence electrons. The predicted octanol–water partition coefficient (Wildman–Crippen LogP) is 3.63. The van der Waals surface area contributed by atoms with E-state index in [1.807, 2.05) is 48.7 Å². The highest BCUT2D eigenvalue weighted by molar-refractivity contribution is 7.10. The molecule has 0 saturated heterocycles. The number of thiophene rings is 1. The topological polar surface area (TPSA) is 26.3 Å². The van der Waals surface area contributed by atoms with Gasteiger partial charge in [-0.3, -0.25) is 4.79 Å². The lowest BCUT2D eigenvalue weighted by atomic mass is 10.0. The minimum absolute atomic E-state index is 0.0254. The fourth-order valence-electron chi connectivity index (χ4n) is 1.80. The smallest absolute Gasteiger partial charge is 0.197 e. The zero-order valence-corrected chi connectivity index (χ0v) is 10.7. The Hall–Kier alpha value is -1.45. The highest BCUT2D eigenvalue weighted by atomic mass is 32.1. The van der Waals surface area contributed by atoms with Crippen LogP contribution in [0.5, 0.6) is 0 Å². The van der Waals surface area contributed by atoms with E-state index >= 15 is 0 Å². The molecule has 17 heavy (non-hydrogen) atoms. The molecule has 0 amide bonds. The number of hydrogen-bond donors (Lipinski definition) is 0. The standard InChI is InChI=1S/C14H14O2S/c1-10-12(8-9-17-10)13(15)14(16-2)11-6-4-3-5-7-11/h3-9,14H,1-2H3. The predicted molar refractivity (Wildman–Crippen MR) is 69.6 cm³/mol. The van der Waals surface area contributed by atoms with Gasteiger partial charge >= 0.3 is 0 Å². The van der Waals surface area contributed by atoms with E-state index in [0.717, 1.165) is 16.0 Å². The molecule has 1 atom stereocenters. The molecule has 1 heterocycles. The van der Waals surface area contributed by atoms with Crippen molar-refractivity contribution in [2.24, 2.45) is 0 Å². The molecule has 2 rings (SSSR count). The molecule has 0 fully saturated rings. The van der Waals surface area contributed by atoms with Crippen LogP contribution in [-0.4, -0.2) is 12.9 Å². The second-order valence-electron chi connectivity index (χ2n) is 3.78. The minimum atomic E-state index is -0.510. The van der Waals surface area contributed by atoms with E-state index in [-0.39, 0.29) is 5.78 Å². The van der Waals surface area contributed by atoms with Crippen molar-refractivity contribution in [2.45, 2.75) is 13.0 Å². The first-order chi connectivity index (χ1) is 8.24. The van der Waals surface area contributed by atoms with Gasteiger partial charge in [0.05, 0.1) is 0 Å². The summed E-state index contributed by atoms with van der Waals surface area (Å²) in [7, 11) is 1.57. The van der Waals surface area contributed by atoms with Gasteiger partial charge in [-0.2, -0.15) is 0 Å². The molecule has 0 radical (unpaired) electrons. The molecule has 1 aromatic carbocycles.